The maximum atomic E-state index is 13.3. The van der Waals surface area contributed by atoms with Crippen LogP contribution in [0.1, 0.15) is 35.8 Å². The Morgan fingerprint density at radius 1 is 1.00 bits per heavy atom. The van der Waals surface area contributed by atoms with Gasteiger partial charge in [0.15, 0.2) is 0 Å². The molecule has 154 valence electrons. The van der Waals surface area contributed by atoms with E-state index in [0.717, 1.165) is 57.9 Å². The number of furan rings is 1. The van der Waals surface area contributed by atoms with Crippen LogP contribution in [0, 0.1) is 19.8 Å². The first-order valence-electron chi connectivity index (χ1n) is 10.4. The Balaban J connectivity index is 1.71. The fraction of sp³-hybridized carbons (Fsp3) is 0.280. The molecule has 30 heavy (non-hydrogen) atoms. The Hall–Kier alpha value is -2.79. The van der Waals surface area contributed by atoms with Gasteiger partial charge in [0.05, 0.1) is 10.6 Å². The van der Waals surface area contributed by atoms with Gasteiger partial charge in [-0.05, 0) is 50.3 Å². The van der Waals surface area contributed by atoms with Gasteiger partial charge in [0.25, 0.3) is 10.0 Å². The summed E-state index contributed by atoms with van der Waals surface area (Å²) in [5.41, 5.74) is 4.46. The van der Waals surface area contributed by atoms with E-state index in [2.05, 4.69) is 11.6 Å². The molecule has 5 heteroatoms. The van der Waals surface area contributed by atoms with E-state index in [-0.39, 0.29) is 0 Å². The van der Waals surface area contributed by atoms with Crippen LogP contribution in [-0.4, -0.2) is 8.42 Å². The molecule has 0 fully saturated rings. The van der Waals surface area contributed by atoms with Crippen LogP contribution < -0.4 is 4.72 Å². The summed E-state index contributed by atoms with van der Waals surface area (Å²) in [4.78, 5) is 0.306. The van der Waals surface area contributed by atoms with Crippen LogP contribution in [0.2, 0.25) is 0 Å². The number of benzene rings is 3. The summed E-state index contributed by atoms with van der Waals surface area (Å²) in [6, 6.07) is 15.2. The quantitative estimate of drug-likeness (QED) is 0.435. The van der Waals surface area contributed by atoms with Gasteiger partial charge in [0, 0.05) is 28.1 Å². The lowest BCUT2D eigenvalue weighted by atomic mass is 9.87. The highest BCUT2D eigenvalue weighted by Crippen LogP contribution is 2.40. The molecule has 1 atom stereocenters. The van der Waals surface area contributed by atoms with Gasteiger partial charge in [0.1, 0.15) is 11.3 Å². The fourth-order valence-electron chi connectivity index (χ4n) is 4.66. The SMILES string of the molecule is Cc1ccc(S(=O)(=O)Nc2cc3c4c(oc3c3ccccc23)CCC(C)C4)c(C)c1. The van der Waals surface area contributed by atoms with Crippen LogP contribution in [0.25, 0.3) is 21.7 Å². The molecular weight excluding hydrogens is 394 g/mol. The Bertz CT molecular complexity index is 1400. The van der Waals surface area contributed by atoms with Crippen LogP contribution in [0.4, 0.5) is 5.69 Å². The summed E-state index contributed by atoms with van der Waals surface area (Å²) in [6.07, 6.45) is 3.02. The van der Waals surface area contributed by atoms with E-state index >= 15 is 0 Å². The minimum Gasteiger partial charge on any atom is -0.460 e. The van der Waals surface area contributed by atoms with Gasteiger partial charge < -0.3 is 4.42 Å². The monoisotopic (exact) mass is 419 g/mol. The largest absolute Gasteiger partial charge is 0.460 e. The number of sulfonamides is 1. The molecule has 0 saturated heterocycles. The van der Waals surface area contributed by atoms with E-state index in [1.165, 1.54) is 5.56 Å². The van der Waals surface area contributed by atoms with Crippen molar-refractivity contribution < 1.29 is 12.8 Å². The number of anilines is 1. The zero-order valence-corrected chi connectivity index (χ0v) is 18.3. The average molecular weight is 420 g/mol. The van der Waals surface area contributed by atoms with Crippen molar-refractivity contribution in [1.82, 2.24) is 0 Å². The van der Waals surface area contributed by atoms with E-state index in [1.807, 2.05) is 56.3 Å². The molecule has 0 saturated carbocycles. The number of aryl methyl sites for hydroxylation is 3. The fourth-order valence-corrected chi connectivity index (χ4v) is 5.95. The second-order valence-electron chi connectivity index (χ2n) is 8.57. The molecule has 1 N–H and O–H groups in total. The zero-order valence-electron chi connectivity index (χ0n) is 17.5. The summed E-state index contributed by atoms with van der Waals surface area (Å²) >= 11 is 0. The Morgan fingerprint density at radius 3 is 2.53 bits per heavy atom. The number of hydrogen-bond donors (Lipinski definition) is 1. The number of nitrogens with one attached hydrogen (secondary N) is 1. The van der Waals surface area contributed by atoms with Crippen LogP contribution in [0.5, 0.6) is 0 Å². The molecule has 1 aliphatic rings. The van der Waals surface area contributed by atoms with Gasteiger partial charge in [-0.25, -0.2) is 8.42 Å². The van der Waals surface area contributed by atoms with Gasteiger partial charge in [-0.2, -0.15) is 0 Å². The maximum absolute atomic E-state index is 13.3. The summed E-state index contributed by atoms with van der Waals surface area (Å²) in [7, 11) is -3.72. The summed E-state index contributed by atoms with van der Waals surface area (Å²) in [5, 5.41) is 2.81. The number of rotatable bonds is 3. The molecule has 1 aliphatic carbocycles. The van der Waals surface area contributed by atoms with E-state index in [1.54, 1.807) is 6.07 Å². The Morgan fingerprint density at radius 2 is 1.77 bits per heavy atom. The van der Waals surface area contributed by atoms with Crippen molar-refractivity contribution in [2.24, 2.45) is 5.92 Å². The lowest BCUT2D eigenvalue weighted by Crippen LogP contribution is -2.14. The minimum atomic E-state index is -3.72. The average Bonchev–Trinajstić information content (AvgIpc) is 3.05. The van der Waals surface area contributed by atoms with Crippen molar-refractivity contribution in [3.8, 4) is 0 Å². The predicted octanol–water partition coefficient (Wildman–Crippen LogP) is 6.13. The lowest BCUT2D eigenvalue weighted by molar-refractivity contribution is 0.439. The normalized spacial score (nSPS) is 16.7. The van der Waals surface area contributed by atoms with Crippen LogP contribution in [0.15, 0.2) is 57.8 Å². The summed E-state index contributed by atoms with van der Waals surface area (Å²) in [5.74, 6) is 1.64. The molecule has 0 bridgehead atoms. The number of hydrogen-bond acceptors (Lipinski definition) is 3. The second kappa shape index (κ2) is 6.88. The molecule has 0 spiro atoms. The summed E-state index contributed by atoms with van der Waals surface area (Å²) in [6.45, 7) is 6.05. The third-order valence-corrected chi connectivity index (χ3v) is 7.69. The Kier molecular flexibility index (Phi) is 4.40. The molecule has 0 amide bonds. The molecule has 5 rings (SSSR count). The molecule has 1 aromatic heterocycles. The Labute approximate surface area is 177 Å². The third-order valence-electron chi connectivity index (χ3n) is 6.16. The van der Waals surface area contributed by atoms with Gasteiger partial charge in [0.2, 0.25) is 0 Å². The molecule has 0 radical (unpaired) electrons. The predicted molar refractivity (Wildman–Crippen MR) is 122 cm³/mol. The topological polar surface area (TPSA) is 59.3 Å². The highest BCUT2D eigenvalue weighted by Gasteiger charge is 2.25. The molecule has 0 aliphatic heterocycles. The highest BCUT2D eigenvalue weighted by atomic mass is 32.2. The maximum Gasteiger partial charge on any atom is 0.262 e. The van der Waals surface area contributed by atoms with Crippen LogP contribution in [-0.2, 0) is 22.9 Å². The molecule has 1 heterocycles. The van der Waals surface area contributed by atoms with Crippen LogP contribution in [0.3, 0.4) is 0 Å². The van der Waals surface area contributed by atoms with Crippen molar-refractivity contribution in [3.63, 3.8) is 0 Å². The van der Waals surface area contributed by atoms with E-state index in [0.29, 0.717) is 16.5 Å². The van der Waals surface area contributed by atoms with Gasteiger partial charge in [-0.1, -0.05) is 48.9 Å². The van der Waals surface area contributed by atoms with Crippen molar-refractivity contribution >= 4 is 37.5 Å². The zero-order chi connectivity index (χ0) is 21.0. The number of fused-ring (bicyclic) bond motifs is 5. The van der Waals surface area contributed by atoms with Gasteiger partial charge >= 0.3 is 0 Å². The van der Waals surface area contributed by atoms with Crippen molar-refractivity contribution in [2.45, 2.75) is 44.9 Å². The second-order valence-corrected chi connectivity index (χ2v) is 10.2. The van der Waals surface area contributed by atoms with E-state index in [4.69, 9.17) is 4.42 Å². The first-order valence-corrected chi connectivity index (χ1v) is 11.9. The van der Waals surface area contributed by atoms with Crippen LogP contribution >= 0.6 is 0 Å². The molecule has 3 aromatic carbocycles. The standard InChI is InChI=1S/C25H25NO3S/c1-15-9-11-24(17(3)12-15)30(27,28)26-22-14-21-20-13-16(2)8-10-23(20)29-25(21)19-7-5-4-6-18(19)22/h4-7,9,11-12,14,16,26H,8,10,13H2,1-3H3. The smallest absolute Gasteiger partial charge is 0.262 e. The molecule has 4 nitrogen and oxygen atoms in total. The van der Waals surface area contributed by atoms with Crippen molar-refractivity contribution in [1.29, 1.82) is 0 Å². The van der Waals surface area contributed by atoms with Crippen molar-refractivity contribution in [2.75, 3.05) is 4.72 Å². The van der Waals surface area contributed by atoms with E-state index < -0.39 is 10.0 Å². The molecule has 4 aromatic rings. The molecular formula is C25H25NO3S. The molecule has 1 unspecified atom stereocenters. The minimum absolute atomic E-state index is 0.306. The first-order chi connectivity index (χ1) is 14.3. The van der Waals surface area contributed by atoms with Gasteiger partial charge in [-0.3, -0.25) is 4.72 Å². The van der Waals surface area contributed by atoms with E-state index in [9.17, 15) is 8.42 Å². The third kappa shape index (κ3) is 3.08. The highest BCUT2D eigenvalue weighted by molar-refractivity contribution is 7.92. The van der Waals surface area contributed by atoms with Crippen molar-refractivity contribution in [3.05, 3.63) is 71.0 Å². The lowest BCUT2D eigenvalue weighted by Gasteiger charge is -2.17. The summed E-state index contributed by atoms with van der Waals surface area (Å²) < 4.78 is 35.7. The van der Waals surface area contributed by atoms with Gasteiger partial charge in [-0.15, -0.1) is 0 Å². The first kappa shape index (κ1) is 19.2.